The van der Waals surface area contributed by atoms with Crippen LogP contribution < -0.4 is 11.3 Å². The lowest BCUT2D eigenvalue weighted by molar-refractivity contribution is -0.128. The lowest BCUT2D eigenvalue weighted by Gasteiger charge is -2.51. The number of nitrogens with two attached hydrogens (primary N) is 1. The van der Waals surface area contributed by atoms with Crippen molar-refractivity contribution in [2.24, 2.45) is 11.8 Å². The molecule has 0 bridgehead atoms. The number of nitrogens with zero attached hydrogens (tertiary/aromatic N) is 1. The number of ether oxygens (including phenoxy) is 1. The summed E-state index contributed by atoms with van der Waals surface area (Å²) in [6.07, 6.45) is 9.90. The van der Waals surface area contributed by atoms with Crippen LogP contribution in [-0.2, 0) is 4.74 Å². The van der Waals surface area contributed by atoms with Crippen molar-refractivity contribution < 1.29 is 4.74 Å². The van der Waals surface area contributed by atoms with Crippen LogP contribution in [0.3, 0.4) is 0 Å². The lowest BCUT2D eigenvalue weighted by atomic mass is 9.70. The van der Waals surface area contributed by atoms with Crippen molar-refractivity contribution in [3.05, 3.63) is 0 Å². The van der Waals surface area contributed by atoms with E-state index in [-0.39, 0.29) is 11.1 Å². The molecule has 3 unspecified atom stereocenters. The summed E-state index contributed by atoms with van der Waals surface area (Å²) in [7, 11) is 4.34. The summed E-state index contributed by atoms with van der Waals surface area (Å²) in [4.78, 5) is 2.33. The van der Waals surface area contributed by atoms with Crippen LogP contribution in [0, 0.1) is 5.92 Å². The second kappa shape index (κ2) is 6.95. The van der Waals surface area contributed by atoms with Gasteiger partial charge >= 0.3 is 0 Å². The largest absolute Gasteiger partial charge is 0.375 e. The fraction of sp³-hybridized carbons (Fsp3) is 1.00. The van der Waals surface area contributed by atoms with Gasteiger partial charge in [-0.2, -0.15) is 0 Å². The molecule has 2 fully saturated rings. The van der Waals surface area contributed by atoms with Gasteiger partial charge < -0.3 is 9.64 Å². The van der Waals surface area contributed by atoms with Crippen molar-refractivity contribution in [2.75, 3.05) is 20.7 Å². The van der Waals surface area contributed by atoms with Gasteiger partial charge in [-0.1, -0.05) is 26.2 Å². The van der Waals surface area contributed by atoms with Crippen molar-refractivity contribution in [1.29, 1.82) is 0 Å². The zero-order valence-corrected chi connectivity index (χ0v) is 14.5. The van der Waals surface area contributed by atoms with E-state index in [1.807, 2.05) is 0 Å². The Morgan fingerprint density at radius 2 is 2.00 bits per heavy atom. The van der Waals surface area contributed by atoms with Crippen molar-refractivity contribution in [3.63, 3.8) is 0 Å². The minimum absolute atomic E-state index is 0.0899. The van der Waals surface area contributed by atoms with Gasteiger partial charge in [0.25, 0.3) is 0 Å². The minimum atomic E-state index is 0.0899. The monoisotopic (exact) mass is 297 g/mol. The average Bonchev–Trinajstić information content (AvgIpc) is 2.48. The van der Waals surface area contributed by atoms with Crippen LogP contribution in [0.15, 0.2) is 0 Å². The van der Waals surface area contributed by atoms with Crippen LogP contribution in [0.5, 0.6) is 0 Å². The van der Waals surface area contributed by atoms with Gasteiger partial charge in [0.1, 0.15) is 0 Å². The third-order valence-electron chi connectivity index (χ3n) is 6.35. The SMILES string of the molecule is CCC(C)(C(NN)C1CCOC2(CCCCC2)C1)N(C)C. The summed E-state index contributed by atoms with van der Waals surface area (Å²) in [6, 6.07) is 0.320. The van der Waals surface area contributed by atoms with Crippen LogP contribution in [0.1, 0.15) is 65.2 Å². The highest BCUT2D eigenvalue weighted by molar-refractivity contribution is 5.01. The maximum absolute atomic E-state index is 6.26. The molecule has 1 heterocycles. The van der Waals surface area contributed by atoms with Gasteiger partial charge in [0, 0.05) is 18.2 Å². The molecule has 124 valence electrons. The standard InChI is InChI=1S/C17H35N3O/c1-5-16(2,20(3)4)15(19-18)14-9-12-21-17(13-14)10-7-6-8-11-17/h14-15,19H,5-13,18H2,1-4H3. The predicted molar refractivity (Wildman–Crippen MR) is 88.0 cm³/mol. The fourth-order valence-electron chi connectivity index (χ4n) is 4.53. The van der Waals surface area contributed by atoms with Crippen LogP contribution in [0.2, 0.25) is 0 Å². The first-order chi connectivity index (χ1) is 9.97. The molecule has 1 spiro atoms. The average molecular weight is 297 g/mol. The number of nitrogens with one attached hydrogen (secondary N) is 1. The first kappa shape index (κ1) is 17.2. The van der Waals surface area contributed by atoms with E-state index >= 15 is 0 Å². The van der Waals surface area contributed by atoms with Crippen molar-refractivity contribution in [3.8, 4) is 0 Å². The van der Waals surface area contributed by atoms with Gasteiger partial charge in [-0.3, -0.25) is 11.3 Å². The molecular formula is C17H35N3O. The van der Waals surface area contributed by atoms with E-state index in [1.54, 1.807) is 0 Å². The second-order valence-corrected chi connectivity index (χ2v) is 7.59. The van der Waals surface area contributed by atoms with E-state index in [0.29, 0.717) is 12.0 Å². The van der Waals surface area contributed by atoms with Crippen LogP contribution in [-0.4, -0.2) is 42.8 Å². The van der Waals surface area contributed by atoms with Gasteiger partial charge in [-0.05, 0) is 59.0 Å². The van der Waals surface area contributed by atoms with E-state index in [2.05, 4.69) is 38.3 Å². The summed E-state index contributed by atoms with van der Waals surface area (Å²) in [5.74, 6) is 6.61. The summed E-state index contributed by atoms with van der Waals surface area (Å²) >= 11 is 0. The predicted octanol–water partition coefficient (Wildman–Crippen LogP) is 2.68. The molecule has 4 nitrogen and oxygen atoms in total. The highest BCUT2D eigenvalue weighted by Gasteiger charge is 2.45. The Bertz CT molecular complexity index is 322. The van der Waals surface area contributed by atoms with E-state index in [1.165, 1.54) is 38.5 Å². The lowest BCUT2D eigenvalue weighted by Crippen LogP contribution is -2.63. The summed E-state index contributed by atoms with van der Waals surface area (Å²) < 4.78 is 6.26. The topological polar surface area (TPSA) is 50.5 Å². The molecule has 21 heavy (non-hydrogen) atoms. The smallest absolute Gasteiger partial charge is 0.0685 e. The van der Waals surface area contributed by atoms with Crippen molar-refractivity contribution >= 4 is 0 Å². The third kappa shape index (κ3) is 3.44. The highest BCUT2D eigenvalue weighted by Crippen LogP contribution is 2.43. The van der Waals surface area contributed by atoms with Crippen molar-refractivity contribution in [2.45, 2.75) is 82.4 Å². The molecule has 0 radical (unpaired) electrons. The van der Waals surface area contributed by atoms with Crippen LogP contribution in [0.4, 0.5) is 0 Å². The fourth-order valence-corrected chi connectivity index (χ4v) is 4.53. The number of hydrazine groups is 1. The summed E-state index contributed by atoms with van der Waals surface area (Å²) in [6.45, 7) is 5.50. The highest BCUT2D eigenvalue weighted by atomic mass is 16.5. The Labute approximate surface area is 130 Å². The molecule has 1 saturated carbocycles. The second-order valence-electron chi connectivity index (χ2n) is 7.59. The zero-order valence-electron chi connectivity index (χ0n) is 14.5. The number of hydrogen-bond acceptors (Lipinski definition) is 4. The summed E-state index contributed by atoms with van der Waals surface area (Å²) in [5, 5.41) is 0. The van der Waals surface area contributed by atoms with E-state index in [4.69, 9.17) is 10.6 Å². The first-order valence-corrected chi connectivity index (χ1v) is 8.75. The quantitative estimate of drug-likeness (QED) is 0.605. The maximum atomic E-state index is 6.26. The first-order valence-electron chi connectivity index (χ1n) is 8.75. The molecular weight excluding hydrogens is 262 g/mol. The Kier molecular flexibility index (Phi) is 5.69. The summed E-state index contributed by atoms with van der Waals surface area (Å²) in [5.41, 5.74) is 3.41. The Hall–Kier alpha value is -0.160. The van der Waals surface area contributed by atoms with Crippen molar-refractivity contribution in [1.82, 2.24) is 10.3 Å². The minimum Gasteiger partial charge on any atom is -0.375 e. The van der Waals surface area contributed by atoms with E-state index in [9.17, 15) is 0 Å². The van der Waals surface area contributed by atoms with Gasteiger partial charge in [-0.25, -0.2) is 0 Å². The number of hydrogen-bond donors (Lipinski definition) is 2. The molecule has 1 aliphatic carbocycles. The number of rotatable bonds is 5. The van der Waals surface area contributed by atoms with Gasteiger partial charge in [0.05, 0.1) is 5.60 Å². The molecule has 1 saturated heterocycles. The molecule has 0 aromatic carbocycles. The van der Waals surface area contributed by atoms with E-state index in [0.717, 1.165) is 19.4 Å². The van der Waals surface area contributed by atoms with Gasteiger partial charge in [-0.15, -0.1) is 0 Å². The molecule has 0 aromatic rings. The molecule has 0 aromatic heterocycles. The molecule has 1 aliphatic heterocycles. The molecule has 3 N–H and O–H groups in total. The Balaban J connectivity index is 2.14. The molecule has 2 aliphatic rings. The Morgan fingerprint density at radius 1 is 1.33 bits per heavy atom. The maximum Gasteiger partial charge on any atom is 0.0685 e. The van der Waals surface area contributed by atoms with Gasteiger partial charge in [0.15, 0.2) is 0 Å². The van der Waals surface area contributed by atoms with E-state index < -0.39 is 0 Å². The molecule has 4 heteroatoms. The third-order valence-corrected chi connectivity index (χ3v) is 6.35. The molecule has 3 atom stereocenters. The van der Waals surface area contributed by atoms with Crippen LogP contribution >= 0.6 is 0 Å². The zero-order chi connectivity index (χ0) is 15.5. The van der Waals surface area contributed by atoms with Gasteiger partial charge in [0.2, 0.25) is 0 Å². The molecule has 0 amide bonds. The Morgan fingerprint density at radius 3 is 2.52 bits per heavy atom. The molecule has 2 rings (SSSR count). The number of likely N-dealkylation sites (N-methyl/N-ethyl adjacent to an activating group) is 1. The van der Waals surface area contributed by atoms with Crippen LogP contribution in [0.25, 0.3) is 0 Å². The normalized spacial score (nSPS) is 30.3.